The lowest BCUT2D eigenvalue weighted by Crippen LogP contribution is -2.13. The van der Waals surface area contributed by atoms with Crippen LogP contribution in [0.5, 0.6) is 0 Å². The first-order valence-corrected chi connectivity index (χ1v) is 3.88. The molecule has 0 aliphatic heterocycles. The Bertz CT molecular complexity index is 291. The van der Waals surface area contributed by atoms with Gasteiger partial charge in [-0.3, -0.25) is 4.79 Å². The van der Waals surface area contributed by atoms with Gasteiger partial charge in [-0.25, -0.2) is 4.98 Å². The van der Waals surface area contributed by atoms with E-state index in [-0.39, 0.29) is 12.3 Å². The van der Waals surface area contributed by atoms with Gasteiger partial charge in [0, 0.05) is 6.42 Å². The van der Waals surface area contributed by atoms with Crippen molar-refractivity contribution in [2.45, 2.75) is 20.3 Å². The fourth-order valence-electron chi connectivity index (χ4n) is 0.955. The van der Waals surface area contributed by atoms with Crippen molar-refractivity contribution in [3.63, 3.8) is 0 Å². The molecule has 4 nitrogen and oxygen atoms in total. The molecule has 0 radical (unpaired) electrons. The van der Waals surface area contributed by atoms with Crippen molar-refractivity contribution in [1.82, 2.24) is 4.98 Å². The molecule has 0 saturated carbocycles. The maximum absolute atomic E-state index is 11.1. The van der Waals surface area contributed by atoms with E-state index in [1.807, 2.05) is 6.92 Å². The molecule has 66 valence electrons. The quantitative estimate of drug-likeness (QED) is 0.674. The van der Waals surface area contributed by atoms with Crippen molar-refractivity contribution in [1.29, 1.82) is 0 Å². The van der Waals surface area contributed by atoms with E-state index in [9.17, 15) is 4.79 Å². The number of aromatic nitrogens is 1. The van der Waals surface area contributed by atoms with Crippen molar-refractivity contribution in [2.24, 2.45) is 5.73 Å². The first kappa shape index (κ1) is 8.93. The second-order valence-corrected chi connectivity index (χ2v) is 2.50. The summed E-state index contributed by atoms with van der Waals surface area (Å²) in [5, 5.41) is 0. The number of aryl methyl sites for hydroxylation is 2. The monoisotopic (exact) mass is 168 g/mol. The third-order valence-electron chi connectivity index (χ3n) is 1.58. The lowest BCUT2D eigenvalue weighted by molar-refractivity contribution is 0.0972. The van der Waals surface area contributed by atoms with Crippen LogP contribution in [0.3, 0.4) is 0 Å². The van der Waals surface area contributed by atoms with E-state index in [0.717, 1.165) is 0 Å². The molecule has 4 heteroatoms. The second kappa shape index (κ2) is 3.49. The molecule has 0 atom stereocenters. The summed E-state index contributed by atoms with van der Waals surface area (Å²) in [5.74, 6) is 0.693. The number of nitrogens with zero attached hydrogens (tertiary/aromatic N) is 1. The summed E-state index contributed by atoms with van der Waals surface area (Å²) in [6.07, 6.45) is 0.693. The van der Waals surface area contributed by atoms with Gasteiger partial charge in [0.15, 0.2) is 11.7 Å². The van der Waals surface area contributed by atoms with Crippen LogP contribution >= 0.6 is 0 Å². The number of hydrogen-bond donors (Lipinski definition) is 1. The molecule has 2 N–H and O–H groups in total. The highest BCUT2D eigenvalue weighted by molar-refractivity contribution is 5.95. The van der Waals surface area contributed by atoms with E-state index >= 15 is 0 Å². The Morgan fingerprint density at radius 1 is 1.67 bits per heavy atom. The number of Topliss-reactive ketones (excluding diaryl/α,β-unsaturated/α-hetero) is 1. The lowest BCUT2D eigenvalue weighted by atomic mass is 10.2. The first-order valence-electron chi connectivity index (χ1n) is 3.88. The highest BCUT2D eigenvalue weighted by Gasteiger charge is 2.14. The summed E-state index contributed by atoms with van der Waals surface area (Å²) in [7, 11) is 0. The van der Waals surface area contributed by atoms with Crippen LogP contribution in [0, 0.1) is 6.92 Å². The Hall–Kier alpha value is -1.16. The molecule has 1 aromatic rings. The smallest absolute Gasteiger partial charge is 0.213 e. The zero-order valence-electron chi connectivity index (χ0n) is 7.26. The number of ketones is 1. The van der Waals surface area contributed by atoms with Gasteiger partial charge in [0.1, 0.15) is 0 Å². The van der Waals surface area contributed by atoms with Crippen LogP contribution in [-0.4, -0.2) is 17.3 Å². The maximum Gasteiger partial charge on any atom is 0.213 e. The van der Waals surface area contributed by atoms with Crippen LogP contribution < -0.4 is 5.73 Å². The normalized spacial score (nSPS) is 10.2. The Kier molecular flexibility index (Phi) is 2.60. The van der Waals surface area contributed by atoms with Gasteiger partial charge in [-0.15, -0.1) is 0 Å². The highest BCUT2D eigenvalue weighted by atomic mass is 16.4. The molecule has 1 heterocycles. The van der Waals surface area contributed by atoms with Gasteiger partial charge in [0.25, 0.3) is 0 Å². The molecular formula is C8H12N2O2. The van der Waals surface area contributed by atoms with E-state index in [2.05, 4.69) is 4.98 Å². The number of carbonyl (C=O) groups is 1. The lowest BCUT2D eigenvalue weighted by Gasteiger charge is -1.90. The van der Waals surface area contributed by atoms with E-state index in [4.69, 9.17) is 10.2 Å². The maximum atomic E-state index is 11.1. The molecule has 0 amide bonds. The van der Waals surface area contributed by atoms with E-state index in [1.54, 1.807) is 6.92 Å². The van der Waals surface area contributed by atoms with E-state index in [0.29, 0.717) is 23.8 Å². The van der Waals surface area contributed by atoms with Crippen molar-refractivity contribution < 1.29 is 9.21 Å². The minimum atomic E-state index is -0.195. The van der Waals surface area contributed by atoms with Crippen LogP contribution in [0.2, 0.25) is 0 Å². The Morgan fingerprint density at radius 2 is 2.33 bits per heavy atom. The van der Waals surface area contributed by atoms with Crippen LogP contribution in [0.4, 0.5) is 0 Å². The SMILES string of the molecule is CCc1nc(C)c(C(=O)CN)o1. The summed E-state index contributed by atoms with van der Waals surface area (Å²) in [6.45, 7) is 3.63. The second-order valence-electron chi connectivity index (χ2n) is 2.50. The fraction of sp³-hybridized carbons (Fsp3) is 0.500. The predicted octanol–water partition coefficient (Wildman–Crippen LogP) is 0.687. The number of rotatable bonds is 3. The number of carbonyl (C=O) groups excluding carboxylic acids is 1. The molecule has 0 saturated heterocycles. The Morgan fingerprint density at radius 3 is 2.75 bits per heavy atom. The molecule has 1 rings (SSSR count). The van der Waals surface area contributed by atoms with Gasteiger partial charge >= 0.3 is 0 Å². The largest absolute Gasteiger partial charge is 0.437 e. The summed E-state index contributed by atoms with van der Waals surface area (Å²) in [6, 6.07) is 0. The van der Waals surface area contributed by atoms with Crippen LogP contribution in [0.1, 0.15) is 29.1 Å². The van der Waals surface area contributed by atoms with E-state index < -0.39 is 0 Å². The van der Waals surface area contributed by atoms with Gasteiger partial charge < -0.3 is 10.2 Å². The van der Waals surface area contributed by atoms with Gasteiger partial charge in [-0.1, -0.05) is 6.92 Å². The molecule has 0 spiro atoms. The Labute approximate surface area is 70.8 Å². The minimum absolute atomic E-state index is 0.0286. The fourth-order valence-corrected chi connectivity index (χ4v) is 0.955. The molecule has 1 aromatic heterocycles. The molecule has 0 aromatic carbocycles. The molecular weight excluding hydrogens is 156 g/mol. The van der Waals surface area contributed by atoms with Gasteiger partial charge in [0.05, 0.1) is 12.2 Å². The minimum Gasteiger partial charge on any atom is -0.437 e. The summed E-state index contributed by atoms with van der Waals surface area (Å²) < 4.78 is 5.18. The molecule has 12 heavy (non-hydrogen) atoms. The zero-order valence-corrected chi connectivity index (χ0v) is 7.26. The molecule has 0 unspecified atom stereocenters. The number of nitrogens with two attached hydrogens (primary N) is 1. The first-order chi connectivity index (χ1) is 5.69. The topological polar surface area (TPSA) is 69.1 Å². The third kappa shape index (κ3) is 1.53. The number of oxazole rings is 1. The standard InChI is InChI=1S/C8H12N2O2/c1-3-7-10-5(2)8(12-7)6(11)4-9/h3-4,9H2,1-2H3. The predicted molar refractivity (Wildman–Crippen MR) is 44.0 cm³/mol. The Balaban J connectivity index is 2.99. The third-order valence-corrected chi connectivity index (χ3v) is 1.58. The van der Waals surface area contributed by atoms with E-state index in [1.165, 1.54) is 0 Å². The average Bonchev–Trinajstić information content (AvgIpc) is 2.45. The van der Waals surface area contributed by atoms with Crippen LogP contribution in [0.25, 0.3) is 0 Å². The van der Waals surface area contributed by atoms with Crippen LogP contribution in [-0.2, 0) is 6.42 Å². The summed E-state index contributed by atoms with van der Waals surface area (Å²) >= 11 is 0. The van der Waals surface area contributed by atoms with Crippen molar-refractivity contribution in [2.75, 3.05) is 6.54 Å². The van der Waals surface area contributed by atoms with Gasteiger partial charge in [-0.2, -0.15) is 0 Å². The highest BCUT2D eigenvalue weighted by Crippen LogP contribution is 2.10. The van der Waals surface area contributed by atoms with Crippen LogP contribution in [0.15, 0.2) is 4.42 Å². The average molecular weight is 168 g/mol. The van der Waals surface area contributed by atoms with Gasteiger partial charge in [0.2, 0.25) is 5.78 Å². The molecule has 0 fully saturated rings. The van der Waals surface area contributed by atoms with Crippen molar-refractivity contribution in [3.8, 4) is 0 Å². The zero-order chi connectivity index (χ0) is 9.14. The van der Waals surface area contributed by atoms with Crippen molar-refractivity contribution >= 4 is 5.78 Å². The molecule has 0 aliphatic carbocycles. The molecule has 0 bridgehead atoms. The van der Waals surface area contributed by atoms with Crippen molar-refractivity contribution in [3.05, 3.63) is 17.3 Å². The number of hydrogen-bond acceptors (Lipinski definition) is 4. The van der Waals surface area contributed by atoms with Gasteiger partial charge in [-0.05, 0) is 6.92 Å². The summed E-state index contributed by atoms with van der Waals surface area (Å²) in [5.41, 5.74) is 5.81. The molecule has 0 aliphatic rings. The summed E-state index contributed by atoms with van der Waals surface area (Å²) in [4.78, 5) is 15.2.